The van der Waals surface area contributed by atoms with Gasteiger partial charge < -0.3 is 14.9 Å². The average molecular weight is 345 g/mol. The summed E-state index contributed by atoms with van der Waals surface area (Å²) in [6.07, 6.45) is 2.46. The first kappa shape index (κ1) is 14.1. The van der Waals surface area contributed by atoms with Gasteiger partial charge in [0.1, 0.15) is 17.9 Å². The Morgan fingerprint density at radius 3 is 3.00 bits per heavy atom. The van der Waals surface area contributed by atoms with Gasteiger partial charge in [0, 0.05) is 12.1 Å². The van der Waals surface area contributed by atoms with Gasteiger partial charge in [-0.05, 0) is 35.9 Å². The van der Waals surface area contributed by atoms with Crippen LogP contribution in [0.4, 0.5) is 16.6 Å². The third-order valence-electron chi connectivity index (χ3n) is 4.19. The molecule has 25 heavy (non-hydrogen) atoms. The predicted octanol–water partition coefficient (Wildman–Crippen LogP) is 4.47. The van der Waals surface area contributed by atoms with E-state index in [9.17, 15) is 0 Å². The number of benzene rings is 2. The Kier molecular flexibility index (Phi) is 3.05. The molecule has 1 aliphatic rings. The van der Waals surface area contributed by atoms with Crippen LogP contribution in [-0.4, -0.2) is 21.6 Å². The van der Waals surface area contributed by atoms with Gasteiger partial charge in [0.2, 0.25) is 0 Å². The van der Waals surface area contributed by atoms with Crippen molar-refractivity contribution < 1.29 is 4.74 Å². The third kappa shape index (κ3) is 2.27. The molecule has 3 heterocycles. The molecule has 1 N–H and O–H groups in total. The SMILES string of the molecule is [C-]#[N+]c1nc2ccc3ncnc(Nc4ccc5c(c4)CCO5)c3c2s1. The molecule has 0 saturated carbocycles. The number of hydrogen-bond acceptors (Lipinski definition) is 6. The molecular weight excluding hydrogens is 334 g/mol. The van der Waals surface area contributed by atoms with Crippen LogP contribution in [-0.2, 0) is 6.42 Å². The van der Waals surface area contributed by atoms with E-state index < -0.39 is 0 Å². The van der Waals surface area contributed by atoms with E-state index in [0.717, 1.165) is 51.4 Å². The van der Waals surface area contributed by atoms with Crippen molar-refractivity contribution in [2.75, 3.05) is 11.9 Å². The highest BCUT2D eigenvalue weighted by Gasteiger charge is 2.16. The van der Waals surface area contributed by atoms with E-state index in [0.29, 0.717) is 5.13 Å². The largest absolute Gasteiger partial charge is 0.493 e. The number of fused-ring (bicyclic) bond motifs is 4. The van der Waals surface area contributed by atoms with Crippen LogP contribution >= 0.6 is 11.3 Å². The van der Waals surface area contributed by atoms with Gasteiger partial charge in [-0.25, -0.2) is 9.97 Å². The standard InChI is InChI=1S/C18H11N5OS/c1-19-18-23-13-4-3-12-15(16(13)25-18)17(21-9-20-12)22-11-2-5-14-10(8-11)6-7-24-14/h2-5,8-9H,6-7H2,(H,20,21,22). The van der Waals surface area contributed by atoms with Gasteiger partial charge in [-0.1, -0.05) is 6.57 Å². The number of aromatic nitrogens is 3. The molecule has 0 fully saturated rings. The minimum absolute atomic E-state index is 0.423. The van der Waals surface area contributed by atoms with Crippen molar-refractivity contribution in [3.8, 4) is 5.75 Å². The normalized spacial score (nSPS) is 12.8. The van der Waals surface area contributed by atoms with Crippen molar-refractivity contribution in [3.63, 3.8) is 0 Å². The first-order chi connectivity index (χ1) is 12.3. The minimum atomic E-state index is 0.423. The maximum Gasteiger partial charge on any atom is 0.330 e. The Hall–Kier alpha value is -3.24. The smallest absolute Gasteiger partial charge is 0.330 e. The summed E-state index contributed by atoms with van der Waals surface area (Å²) in [7, 11) is 0. The third-order valence-corrected chi connectivity index (χ3v) is 5.18. The summed E-state index contributed by atoms with van der Waals surface area (Å²) >= 11 is 1.37. The van der Waals surface area contributed by atoms with Crippen LogP contribution in [0.3, 0.4) is 0 Å². The van der Waals surface area contributed by atoms with Crippen molar-refractivity contribution in [3.05, 3.63) is 53.6 Å². The lowest BCUT2D eigenvalue weighted by Gasteiger charge is -2.09. The molecule has 0 spiro atoms. The molecule has 6 nitrogen and oxygen atoms in total. The van der Waals surface area contributed by atoms with Crippen molar-refractivity contribution in [2.45, 2.75) is 6.42 Å². The number of nitrogens with one attached hydrogen (secondary N) is 1. The quantitative estimate of drug-likeness (QED) is 0.543. The fraction of sp³-hybridized carbons (Fsp3) is 0.111. The van der Waals surface area contributed by atoms with Crippen molar-refractivity contribution in [2.24, 2.45) is 0 Å². The molecule has 2 aromatic heterocycles. The van der Waals surface area contributed by atoms with E-state index in [4.69, 9.17) is 11.3 Å². The van der Waals surface area contributed by atoms with E-state index in [1.165, 1.54) is 16.9 Å². The van der Waals surface area contributed by atoms with Crippen LogP contribution < -0.4 is 10.1 Å². The lowest BCUT2D eigenvalue weighted by molar-refractivity contribution is 0.357. The molecule has 7 heteroatoms. The average Bonchev–Trinajstić information content (AvgIpc) is 3.27. The van der Waals surface area contributed by atoms with Crippen molar-refractivity contribution in [1.29, 1.82) is 0 Å². The topological polar surface area (TPSA) is 64.3 Å². The summed E-state index contributed by atoms with van der Waals surface area (Å²) < 4.78 is 6.49. The predicted molar refractivity (Wildman–Crippen MR) is 97.9 cm³/mol. The van der Waals surface area contributed by atoms with Crippen LogP contribution in [0.15, 0.2) is 36.7 Å². The molecule has 0 aliphatic carbocycles. The van der Waals surface area contributed by atoms with E-state index in [2.05, 4.69) is 31.2 Å². The Balaban J connectivity index is 1.68. The molecule has 0 bridgehead atoms. The van der Waals surface area contributed by atoms with E-state index in [1.54, 1.807) is 6.33 Å². The molecule has 0 amide bonds. The Morgan fingerprint density at radius 2 is 2.08 bits per heavy atom. The van der Waals surface area contributed by atoms with Crippen LogP contribution in [0.5, 0.6) is 5.75 Å². The number of nitrogens with zero attached hydrogens (tertiary/aromatic N) is 4. The second kappa shape index (κ2) is 5.40. The first-order valence-corrected chi connectivity index (χ1v) is 8.58. The fourth-order valence-electron chi connectivity index (χ4n) is 3.06. The Bertz CT molecular complexity index is 1180. The minimum Gasteiger partial charge on any atom is -0.493 e. The summed E-state index contributed by atoms with van der Waals surface area (Å²) in [5.41, 5.74) is 3.77. The highest BCUT2D eigenvalue weighted by Crippen LogP contribution is 2.37. The number of anilines is 2. The number of hydrogen-bond donors (Lipinski definition) is 1. The summed E-state index contributed by atoms with van der Waals surface area (Å²) in [4.78, 5) is 16.6. The molecule has 1 aliphatic heterocycles. The zero-order valence-corrected chi connectivity index (χ0v) is 13.8. The second-order valence-corrected chi connectivity index (χ2v) is 6.66. The fourth-order valence-corrected chi connectivity index (χ4v) is 3.96. The highest BCUT2D eigenvalue weighted by molar-refractivity contribution is 7.23. The maximum absolute atomic E-state index is 7.20. The lowest BCUT2D eigenvalue weighted by atomic mass is 10.1. The molecule has 0 radical (unpaired) electrons. The van der Waals surface area contributed by atoms with E-state index in [-0.39, 0.29) is 0 Å². The highest BCUT2D eigenvalue weighted by atomic mass is 32.1. The zero-order chi connectivity index (χ0) is 16.8. The van der Waals surface area contributed by atoms with Gasteiger partial charge in [-0.15, -0.1) is 16.3 Å². The van der Waals surface area contributed by atoms with Crippen LogP contribution in [0.1, 0.15) is 5.56 Å². The molecular formula is C18H11N5OS. The monoisotopic (exact) mass is 345 g/mol. The van der Waals surface area contributed by atoms with Gasteiger partial charge in [-0.3, -0.25) is 0 Å². The second-order valence-electron chi connectivity index (χ2n) is 5.68. The number of ether oxygens (including phenoxy) is 1. The van der Waals surface area contributed by atoms with Crippen LogP contribution in [0, 0.1) is 6.57 Å². The summed E-state index contributed by atoms with van der Waals surface area (Å²) in [6, 6.07) is 9.86. The summed E-state index contributed by atoms with van der Waals surface area (Å²) in [5.74, 6) is 1.67. The van der Waals surface area contributed by atoms with Crippen LogP contribution in [0.2, 0.25) is 0 Å². The van der Waals surface area contributed by atoms with Gasteiger partial charge in [0.25, 0.3) is 0 Å². The molecule has 120 valence electrons. The van der Waals surface area contributed by atoms with Gasteiger partial charge in [0.15, 0.2) is 5.52 Å². The van der Waals surface area contributed by atoms with Gasteiger partial charge in [0.05, 0.1) is 22.2 Å². The van der Waals surface area contributed by atoms with Crippen molar-refractivity contribution in [1.82, 2.24) is 15.0 Å². The molecule has 4 aromatic rings. The molecule has 0 saturated heterocycles. The van der Waals surface area contributed by atoms with Crippen LogP contribution in [0.25, 0.3) is 26.0 Å². The summed E-state index contributed by atoms with van der Waals surface area (Å²) in [5, 5.41) is 4.71. The van der Waals surface area contributed by atoms with E-state index in [1.807, 2.05) is 24.3 Å². The van der Waals surface area contributed by atoms with Gasteiger partial charge >= 0.3 is 5.13 Å². The van der Waals surface area contributed by atoms with Gasteiger partial charge in [-0.2, -0.15) is 0 Å². The molecule has 0 unspecified atom stereocenters. The number of rotatable bonds is 2. The Labute approximate surface area is 147 Å². The van der Waals surface area contributed by atoms with Crippen molar-refractivity contribution >= 4 is 49.1 Å². The zero-order valence-electron chi connectivity index (χ0n) is 13.0. The molecule has 2 aromatic carbocycles. The first-order valence-electron chi connectivity index (χ1n) is 7.76. The molecule has 0 atom stereocenters. The number of thiazole rings is 1. The molecule has 5 rings (SSSR count). The Morgan fingerprint density at radius 1 is 1.16 bits per heavy atom. The summed E-state index contributed by atoms with van der Waals surface area (Å²) in [6.45, 7) is 7.93. The van der Waals surface area contributed by atoms with E-state index >= 15 is 0 Å². The maximum atomic E-state index is 7.20. The lowest BCUT2D eigenvalue weighted by Crippen LogP contribution is -1.96.